The molecule has 0 amide bonds. The van der Waals surface area contributed by atoms with E-state index in [4.69, 9.17) is 10.5 Å². The van der Waals surface area contributed by atoms with Crippen LogP contribution in [0.1, 0.15) is 86.7 Å². The third-order valence-corrected chi connectivity index (χ3v) is 7.89. The lowest BCUT2D eigenvalue weighted by Crippen LogP contribution is -2.44. The fourth-order valence-corrected chi connectivity index (χ4v) is 6.06. The zero-order chi connectivity index (χ0) is 24.4. The van der Waals surface area contributed by atoms with Gasteiger partial charge in [0.2, 0.25) is 0 Å². The van der Waals surface area contributed by atoms with Gasteiger partial charge in [-0.05, 0) is 62.3 Å². The molecule has 6 nitrogen and oxygen atoms in total. The van der Waals surface area contributed by atoms with Crippen molar-refractivity contribution in [3.05, 3.63) is 77.4 Å². The number of fused-ring (bicyclic) bond motifs is 2. The maximum atomic E-state index is 6.63. The second kappa shape index (κ2) is 10.5. The van der Waals surface area contributed by atoms with Crippen LogP contribution in [0, 0.1) is 6.92 Å². The minimum Gasteiger partial charge on any atom is -0.489 e. The van der Waals surface area contributed by atoms with E-state index in [9.17, 15) is 0 Å². The smallest absolute Gasteiger partial charge is 0.135 e. The molecule has 3 atom stereocenters. The van der Waals surface area contributed by atoms with Crippen molar-refractivity contribution >= 4 is 0 Å². The van der Waals surface area contributed by atoms with Gasteiger partial charge in [0.15, 0.2) is 0 Å². The Kier molecular flexibility index (Phi) is 7.21. The molecule has 2 N–H and O–H groups in total. The van der Waals surface area contributed by atoms with Crippen LogP contribution in [0.3, 0.4) is 0 Å². The molecular formula is C29H39N5O. The van der Waals surface area contributed by atoms with Crippen molar-refractivity contribution < 1.29 is 4.74 Å². The van der Waals surface area contributed by atoms with Crippen LogP contribution < -0.4 is 10.5 Å². The van der Waals surface area contributed by atoms with Crippen molar-refractivity contribution in [2.75, 3.05) is 6.54 Å². The number of aromatic nitrogens is 3. The Bertz CT molecular complexity index is 1080. The number of piperidine rings is 1. The molecule has 35 heavy (non-hydrogen) atoms. The third-order valence-electron chi connectivity index (χ3n) is 7.89. The lowest BCUT2D eigenvalue weighted by molar-refractivity contribution is 0.101. The fourth-order valence-electron chi connectivity index (χ4n) is 6.06. The summed E-state index contributed by atoms with van der Waals surface area (Å²) >= 11 is 0. The van der Waals surface area contributed by atoms with Gasteiger partial charge in [0.1, 0.15) is 24.0 Å². The van der Waals surface area contributed by atoms with Crippen LogP contribution in [0.2, 0.25) is 0 Å². The molecule has 6 heteroatoms. The second-order valence-corrected chi connectivity index (χ2v) is 10.6. The highest BCUT2D eigenvalue weighted by Gasteiger charge is 2.42. The molecule has 0 saturated carbocycles. The van der Waals surface area contributed by atoms with Crippen LogP contribution in [0.25, 0.3) is 0 Å². The van der Waals surface area contributed by atoms with Crippen molar-refractivity contribution in [2.24, 2.45) is 5.73 Å². The molecule has 2 fully saturated rings. The van der Waals surface area contributed by atoms with E-state index in [2.05, 4.69) is 64.7 Å². The van der Waals surface area contributed by atoms with Gasteiger partial charge in [0, 0.05) is 36.6 Å². The lowest BCUT2D eigenvalue weighted by Gasteiger charge is -2.40. The van der Waals surface area contributed by atoms with E-state index in [0.717, 1.165) is 30.4 Å². The van der Waals surface area contributed by atoms with Gasteiger partial charge in [0.25, 0.3) is 0 Å². The number of benzene rings is 2. The Labute approximate surface area is 209 Å². The third kappa shape index (κ3) is 5.29. The fraction of sp³-hybridized carbons (Fsp3) is 0.517. The van der Waals surface area contributed by atoms with Crippen molar-refractivity contribution in [1.82, 2.24) is 19.7 Å². The zero-order valence-electron chi connectivity index (χ0n) is 21.3. The normalized spacial score (nSPS) is 23.1. The summed E-state index contributed by atoms with van der Waals surface area (Å²) in [5, 5.41) is 8.88. The van der Waals surface area contributed by atoms with E-state index in [1.54, 1.807) is 0 Å². The Hall–Kier alpha value is -2.70. The first kappa shape index (κ1) is 24.0. The summed E-state index contributed by atoms with van der Waals surface area (Å²) in [6.07, 6.45) is 5.95. The Morgan fingerprint density at radius 2 is 1.63 bits per heavy atom. The molecule has 186 valence electrons. The van der Waals surface area contributed by atoms with Gasteiger partial charge < -0.3 is 15.0 Å². The van der Waals surface area contributed by atoms with Crippen molar-refractivity contribution in [3.8, 4) is 5.75 Å². The van der Waals surface area contributed by atoms with Crippen molar-refractivity contribution in [1.29, 1.82) is 0 Å². The summed E-state index contributed by atoms with van der Waals surface area (Å²) in [6.45, 7) is 8.18. The predicted octanol–water partition coefficient (Wildman–Crippen LogP) is 5.55. The molecule has 1 aromatic heterocycles. The van der Waals surface area contributed by atoms with Crippen LogP contribution >= 0.6 is 0 Å². The number of nitrogens with two attached hydrogens (primary N) is 1. The number of ether oxygens (including phenoxy) is 1. The second-order valence-electron chi connectivity index (χ2n) is 10.6. The predicted molar refractivity (Wildman–Crippen MR) is 139 cm³/mol. The summed E-state index contributed by atoms with van der Waals surface area (Å²) in [5.41, 5.74) is 8.98. The molecule has 0 aliphatic carbocycles. The summed E-state index contributed by atoms with van der Waals surface area (Å²) in [5.74, 6) is 3.48. The van der Waals surface area contributed by atoms with Crippen LogP contribution in [0.5, 0.6) is 5.75 Å². The van der Waals surface area contributed by atoms with E-state index in [0.29, 0.717) is 30.7 Å². The van der Waals surface area contributed by atoms with Gasteiger partial charge in [-0.3, -0.25) is 4.90 Å². The topological polar surface area (TPSA) is 69.2 Å². The van der Waals surface area contributed by atoms with Crippen LogP contribution in [-0.2, 0) is 6.61 Å². The number of hydrogen-bond acceptors (Lipinski definition) is 5. The molecule has 0 unspecified atom stereocenters. The number of aryl methyl sites for hydroxylation is 1. The van der Waals surface area contributed by atoms with Gasteiger partial charge in [-0.2, -0.15) is 0 Å². The van der Waals surface area contributed by atoms with E-state index in [1.165, 1.54) is 36.8 Å². The molecule has 2 aliphatic rings. The maximum Gasteiger partial charge on any atom is 0.135 e. The largest absolute Gasteiger partial charge is 0.489 e. The highest BCUT2D eigenvalue weighted by atomic mass is 16.5. The molecule has 3 heterocycles. The summed E-state index contributed by atoms with van der Waals surface area (Å²) in [4.78, 5) is 2.74. The average Bonchev–Trinajstić information content (AvgIpc) is 3.37. The van der Waals surface area contributed by atoms with Crippen LogP contribution in [0.4, 0.5) is 0 Å². The molecule has 0 radical (unpaired) electrons. The molecule has 2 saturated heterocycles. The maximum absolute atomic E-state index is 6.63. The summed E-state index contributed by atoms with van der Waals surface area (Å²) in [7, 11) is 0. The molecule has 2 aromatic carbocycles. The minimum absolute atomic E-state index is 0.0444. The minimum atomic E-state index is 0.0444. The SMILES string of the molecule is Cc1nnc(C(C)C)n1C1C[C@@H]2CC[C@@H](C1)N2CC[C@H](N)c1ccc(OCc2ccccc2)cc1. The monoisotopic (exact) mass is 473 g/mol. The molecule has 2 bridgehead atoms. The summed E-state index contributed by atoms with van der Waals surface area (Å²) < 4.78 is 8.36. The number of hydrogen-bond donors (Lipinski definition) is 1. The number of rotatable bonds is 9. The first-order chi connectivity index (χ1) is 17.0. The van der Waals surface area contributed by atoms with Crippen molar-refractivity contribution in [3.63, 3.8) is 0 Å². The first-order valence-electron chi connectivity index (χ1n) is 13.2. The first-order valence-corrected chi connectivity index (χ1v) is 13.2. The van der Waals surface area contributed by atoms with Gasteiger partial charge in [-0.1, -0.05) is 56.3 Å². The zero-order valence-corrected chi connectivity index (χ0v) is 21.3. The molecular weight excluding hydrogens is 434 g/mol. The number of nitrogens with zero attached hydrogens (tertiary/aromatic N) is 4. The Balaban J connectivity index is 1.15. The summed E-state index contributed by atoms with van der Waals surface area (Å²) in [6, 6.07) is 20.4. The Morgan fingerprint density at radius 1 is 0.943 bits per heavy atom. The van der Waals surface area contributed by atoms with Crippen molar-refractivity contribution in [2.45, 2.75) is 89.6 Å². The van der Waals surface area contributed by atoms with Crippen LogP contribution in [-0.4, -0.2) is 38.3 Å². The van der Waals surface area contributed by atoms with E-state index in [1.807, 2.05) is 30.3 Å². The average molecular weight is 474 g/mol. The molecule has 0 spiro atoms. The van der Waals surface area contributed by atoms with Crippen LogP contribution in [0.15, 0.2) is 54.6 Å². The quantitative estimate of drug-likeness (QED) is 0.441. The van der Waals surface area contributed by atoms with E-state index < -0.39 is 0 Å². The van der Waals surface area contributed by atoms with Gasteiger partial charge >= 0.3 is 0 Å². The standard InChI is InChI=1S/C29H39N5O/c1-20(2)29-32-31-21(3)34(29)26-17-24-11-12-25(18-26)33(24)16-15-28(30)23-9-13-27(14-10-23)35-19-22-7-5-4-6-8-22/h4-10,13-14,20,24-26,28H,11-12,15-19,30H2,1-3H3/t24-,25-,28-/m0/s1. The van der Waals surface area contributed by atoms with Gasteiger partial charge in [-0.25, -0.2) is 0 Å². The van der Waals surface area contributed by atoms with Gasteiger partial charge in [-0.15, -0.1) is 10.2 Å². The van der Waals surface area contributed by atoms with E-state index in [-0.39, 0.29) is 6.04 Å². The van der Waals surface area contributed by atoms with E-state index >= 15 is 0 Å². The van der Waals surface area contributed by atoms with Gasteiger partial charge in [0.05, 0.1) is 0 Å². The Morgan fingerprint density at radius 3 is 2.29 bits per heavy atom. The molecule has 3 aromatic rings. The molecule has 2 aliphatic heterocycles. The lowest BCUT2D eigenvalue weighted by atomic mass is 9.95. The highest BCUT2D eigenvalue weighted by Crippen LogP contribution is 2.42. The highest BCUT2D eigenvalue weighted by molar-refractivity contribution is 5.29. The molecule has 5 rings (SSSR count).